The molecular formula is C17H25FN6O4. The number of hydrogen-bond acceptors (Lipinski definition) is 8. The fourth-order valence-corrected chi connectivity index (χ4v) is 3.56. The summed E-state index contributed by atoms with van der Waals surface area (Å²) in [5.74, 6) is -0.124. The molecule has 11 heteroatoms. The molecule has 154 valence electrons. The van der Waals surface area contributed by atoms with Gasteiger partial charge < -0.3 is 21.1 Å². The highest BCUT2D eigenvalue weighted by Crippen LogP contribution is 2.37. The average molecular weight is 396 g/mol. The molecule has 1 aliphatic carbocycles. The molecule has 1 saturated heterocycles. The summed E-state index contributed by atoms with van der Waals surface area (Å²) in [6.07, 6.45) is 2.82. The zero-order valence-electron chi connectivity index (χ0n) is 15.7. The molecule has 2 atom stereocenters. The van der Waals surface area contributed by atoms with E-state index in [1.165, 1.54) is 0 Å². The Bertz CT molecular complexity index is 740. The van der Waals surface area contributed by atoms with Crippen LogP contribution in [0.5, 0.6) is 0 Å². The molecule has 4 N–H and O–H groups in total. The van der Waals surface area contributed by atoms with Gasteiger partial charge in [-0.3, -0.25) is 14.9 Å². The van der Waals surface area contributed by atoms with Gasteiger partial charge in [0.15, 0.2) is 0 Å². The van der Waals surface area contributed by atoms with Gasteiger partial charge in [0, 0.05) is 18.1 Å². The first kappa shape index (κ1) is 20.2. The van der Waals surface area contributed by atoms with Crippen molar-refractivity contribution < 1.29 is 18.8 Å². The molecule has 0 bridgehead atoms. The van der Waals surface area contributed by atoms with E-state index in [-0.39, 0.29) is 36.0 Å². The molecule has 3 rings (SSSR count). The van der Waals surface area contributed by atoms with E-state index in [0.717, 1.165) is 6.20 Å². The third-order valence-electron chi connectivity index (χ3n) is 5.59. The first-order chi connectivity index (χ1) is 13.3. The zero-order chi connectivity index (χ0) is 20.3. The Morgan fingerprint density at radius 3 is 2.71 bits per heavy atom. The average Bonchev–Trinajstić information content (AvgIpc) is 2.65. The van der Waals surface area contributed by atoms with Crippen LogP contribution in [-0.2, 0) is 9.53 Å². The second-order valence-corrected chi connectivity index (χ2v) is 7.66. The van der Waals surface area contributed by atoms with Crippen molar-refractivity contribution in [3.05, 3.63) is 16.3 Å². The number of nitrogens with two attached hydrogens (primary N) is 1. The summed E-state index contributed by atoms with van der Waals surface area (Å²) in [5, 5.41) is 17.3. The van der Waals surface area contributed by atoms with Crippen molar-refractivity contribution in [2.24, 2.45) is 11.1 Å². The maximum atomic E-state index is 13.9. The lowest BCUT2D eigenvalue weighted by Gasteiger charge is -2.35. The molecule has 2 heterocycles. The summed E-state index contributed by atoms with van der Waals surface area (Å²) < 4.78 is 19.0. The number of alkyl halides is 1. The van der Waals surface area contributed by atoms with Gasteiger partial charge in [-0.15, -0.1) is 0 Å². The minimum atomic E-state index is -1.20. The summed E-state index contributed by atoms with van der Waals surface area (Å²) >= 11 is 0. The van der Waals surface area contributed by atoms with Crippen LogP contribution in [0, 0.1) is 15.5 Å². The van der Waals surface area contributed by atoms with Crippen LogP contribution >= 0.6 is 0 Å². The Balaban J connectivity index is 1.72. The van der Waals surface area contributed by atoms with Crippen LogP contribution in [0.25, 0.3) is 0 Å². The fourth-order valence-electron chi connectivity index (χ4n) is 3.56. The highest BCUT2D eigenvalue weighted by Gasteiger charge is 2.36. The van der Waals surface area contributed by atoms with E-state index >= 15 is 0 Å². The number of hydrogen-bond donors (Lipinski definition) is 3. The van der Waals surface area contributed by atoms with Gasteiger partial charge >= 0.3 is 5.69 Å². The van der Waals surface area contributed by atoms with Crippen LogP contribution in [0.1, 0.15) is 39.0 Å². The summed E-state index contributed by atoms with van der Waals surface area (Å²) in [6.45, 7) is 2.26. The number of carbonyl (C=O) groups excluding carboxylic acids is 1. The second-order valence-electron chi connectivity index (χ2n) is 7.66. The van der Waals surface area contributed by atoms with Gasteiger partial charge in [0.25, 0.3) is 0 Å². The van der Waals surface area contributed by atoms with E-state index in [4.69, 9.17) is 10.5 Å². The van der Waals surface area contributed by atoms with Crippen molar-refractivity contribution in [2.75, 3.05) is 23.8 Å². The number of anilines is 2. The Kier molecular flexibility index (Phi) is 5.92. The topological polar surface area (TPSA) is 145 Å². The molecule has 0 spiro atoms. The summed E-state index contributed by atoms with van der Waals surface area (Å²) in [5.41, 5.74) is 4.66. The minimum absolute atomic E-state index is 0.00351. The van der Waals surface area contributed by atoms with Gasteiger partial charge in [-0.1, -0.05) is 6.92 Å². The number of rotatable bonds is 6. The minimum Gasteiger partial charge on any atom is -0.378 e. The smallest absolute Gasteiger partial charge is 0.329 e. The van der Waals surface area contributed by atoms with E-state index < -0.39 is 22.6 Å². The Morgan fingerprint density at radius 1 is 1.39 bits per heavy atom. The normalized spacial score (nSPS) is 30.4. The van der Waals surface area contributed by atoms with Crippen LogP contribution in [0.2, 0.25) is 0 Å². The van der Waals surface area contributed by atoms with Gasteiger partial charge in [-0.2, -0.15) is 4.98 Å². The number of aromatic nitrogens is 2. The highest BCUT2D eigenvalue weighted by atomic mass is 19.1. The van der Waals surface area contributed by atoms with Crippen molar-refractivity contribution >= 4 is 23.4 Å². The number of ether oxygens (including phenoxy) is 1. The van der Waals surface area contributed by atoms with Crippen LogP contribution in [-0.4, -0.2) is 52.3 Å². The predicted octanol–water partition coefficient (Wildman–Crippen LogP) is 1.77. The molecular weight excluding hydrogens is 371 g/mol. The van der Waals surface area contributed by atoms with Gasteiger partial charge in [-0.05, 0) is 32.1 Å². The maximum Gasteiger partial charge on any atom is 0.329 e. The third kappa shape index (κ3) is 4.46. The molecule has 28 heavy (non-hydrogen) atoms. The van der Waals surface area contributed by atoms with Crippen LogP contribution in [0.3, 0.4) is 0 Å². The molecule has 1 aromatic rings. The van der Waals surface area contributed by atoms with E-state index in [2.05, 4.69) is 20.6 Å². The largest absolute Gasteiger partial charge is 0.378 e. The van der Waals surface area contributed by atoms with E-state index in [9.17, 15) is 19.3 Å². The quantitative estimate of drug-likeness (QED) is 0.487. The molecule has 0 aromatic carbocycles. The molecule has 1 aliphatic heterocycles. The molecule has 2 fully saturated rings. The predicted molar refractivity (Wildman–Crippen MR) is 99.6 cm³/mol. The van der Waals surface area contributed by atoms with Crippen molar-refractivity contribution in [1.82, 2.24) is 9.97 Å². The molecule has 0 radical (unpaired) electrons. The monoisotopic (exact) mass is 396 g/mol. The lowest BCUT2D eigenvalue weighted by molar-refractivity contribution is -0.384. The van der Waals surface area contributed by atoms with Crippen LogP contribution < -0.4 is 16.4 Å². The van der Waals surface area contributed by atoms with Crippen molar-refractivity contribution in [3.8, 4) is 0 Å². The van der Waals surface area contributed by atoms with Crippen molar-refractivity contribution in [3.63, 3.8) is 0 Å². The second kappa shape index (κ2) is 8.21. The van der Waals surface area contributed by atoms with Crippen molar-refractivity contribution in [2.45, 2.75) is 57.3 Å². The number of amides is 1. The van der Waals surface area contributed by atoms with E-state index in [1.54, 1.807) is 0 Å². The fraction of sp³-hybridized carbons (Fsp3) is 0.706. The SMILES string of the molecule is C[C@]1(C(N)=O)CC[C@H](Nc2nc(N[C@@H]3CCOC[C@H]3F)ncc2[N+](=O)[O-])CC1. The van der Waals surface area contributed by atoms with E-state index in [0.29, 0.717) is 38.7 Å². The van der Waals surface area contributed by atoms with Gasteiger partial charge in [-0.25, -0.2) is 9.37 Å². The number of primary amides is 1. The van der Waals surface area contributed by atoms with Gasteiger partial charge in [0.1, 0.15) is 12.4 Å². The van der Waals surface area contributed by atoms with Crippen LogP contribution in [0.15, 0.2) is 6.20 Å². The molecule has 1 aromatic heterocycles. The highest BCUT2D eigenvalue weighted by molar-refractivity contribution is 5.80. The lowest BCUT2D eigenvalue weighted by Crippen LogP contribution is -2.41. The summed E-state index contributed by atoms with van der Waals surface area (Å²) in [7, 11) is 0. The number of nitro groups is 1. The summed E-state index contributed by atoms with van der Waals surface area (Å²) in [6, 6.07) is -0.583. The molecule has 1 saturated carbocycles. The number of halogens is 1. The molecule has 10 nitrogen and oxygen atoms in total. The van der Waals surface area contributed by atoms with E-state index in [1.807, 2.05) is 6.92 Å². The Morgan fingerprint density at radius 2 is 2.11 bits per heavy atom. The first-order valence-corrected chi connectivity index (χ1v) is 9.35. The van der Waals surface area contributed by atoms with Crippen LogP contribution in [0.4, 0.5) is 21.8 Å². The van der Waals surface area contributed by atoms with Gasteiger partial charge in [0.2, 0.25) is 17.7 Å². The number of nitrogens with zero attached hydrogens (tertiary/aromatic N) is 3. The Labute approximate surface area is 161 Å². The molecule has 0 unspecified atom stereocenters. The summed E-state index contributed by atoms with van der Waals surface area (Å²) in [4.78, 5) is 30.5. The third-order valence-corrected chi connectivity index (χ3v) is 5.59. The number of carbonyl (C=O) groups is 1. The molecule has 2 aliphatic rings. The zero-order valence-corrected chi connectivity index (χ0v) is 15.7. The van der Waals surface area contributed by atoms with Crippen molar-refractivity contribution in [1.29, 1.82) is 0 Å². The lowest BCUT2D eigenvalue weighted by atomic mass is 9.73. The number of nitrogens with one attached hydrogen (secondary N) is 2. The van der Waals surface area contributed by atoms with Gasteiger partial charge in [0.05, 0.1) is 17.6 Å². The Hall–Kier alpha value is -2.56. The molecule has 1 amide bonds. The standard InChI is InChI=1S/C17H25FN6O4/c1-17(15(19)25)5-2-10(3-6-17)21-14-13(24(26)27)8-20-16(23-14)22-12-4-7-28-9-11(12)18/h8,10-12H,2-7,9H2,1H3,(H2,19,25)(H2,20,21,22,23)/t10-,11-,12-,17-/m1/s1. The maximum absolute atomic E-state index is 13.9. The first-order valence-electron chi connectivity index (χ1n) is 9.35.